The number of aromatic nitrogens is 2. The van der Waals surface area contributed by atoms with Crippen molar-refractivity contribution in [2.45, 2.75) is 20.5 Å². The molecule has 0 saturated carbocycles. The standard InChI is InChI=1S/C15H20N2O4/c1-4-21-15(18)13-5-6-17-11(2)9-12(16-14(13)17)10-20-8-7-19-3/h5-6,9H,4,7-8,10H2,1-3H3. The van der Waals surface area contributed by atoms with E-state index in [1.165, 1.54) is 0 Å². The van der Waals surface area contributed by atoms with Crippen molar-refractivity contribution in [3.05, 3.63) is 35.3 Å². The zero-order valence-electron chi connectivity index (χ0n) is 12.6. The number of fused-ring (bicyclic) bond motifs is 1. The van der Waals surface area contributed by atoms with E-state index in [1.807, 2.05) is 23.6 Å². The Kier molecular flexibility index (Phi) is 5.30. The molecule has 0 radical (unpaired) electrons. The van der Waals surface area contributed by atoms with Crippen molar-refractivity contribution in [2.24, 2.45) is 0 Å². The van der Waals surface area contributed by atoms with E-state index in [-0.39, 0.29) is 5.97 Å². The Morgan fingerprint density at radius 2 is 2.19 bits per heavy atom. The number of carbonyl (C=O) groups is 1. The number of aryl methyl sites for hydroxylation is 1. The minimum atomic E-state index is -0.357. The molecule has 0 spiro atoms. The van der Waals surface area contributed by atoms with Gasteiger partial charge in [-0.15, -0.1) is 0 Å². The number of ether oxygens (including phenoxy) is 3. The maximum Gasteiger partial charge on any atom is 0.341 e. The monoisotopic (exact) mass is 292 g/mol. The van der Waals surface area contributed by atoms with Crippen molar-refractivity contribution >= 4 is 11.6 Å². The second-order valence-electron chi connectivity index (χ2n) is 4.58. The number of carbonyl (C=O) groups excluding carboxylic acids is 1. The van der Waals surface area contributed by atoms with Gasteiger partial charge in [0.2, 0.25) is 0 Å². The third-order valence-corrected chi connectivity index (χ3v) is 3.04. The van der Waals surface area contributed by atoms with Gasteiger partial charge in [0.05, 0.1) is 32.1 Å². The molecule has 0 aromatic carbocycles. The van der Waals surface area contributed by atoms with Gasteiger partial charge < -0.3 is 18.6 Å². The molecule has 0 fully saturated rings. The molecular weight excluding hydrogens is 272 g/mol. The molecule has 2 rings (SSSR count). The van der Waals surface area contributed by atoms with E-state index >= 15 is 0 Å². The predicted octanol–water partition coefficient (Wildman–Crippen LogP) is 1.98. The van der Waals surface area contributed by atoms with E-state index in [2.05, 4.69) is 4.98 Å². The molecule has 2 heterocycles. The molecule has 0 aliphatic heterocycles. The first-order chi connectivity index (χ1) is 10.2. The fourth-order valence-corrected chi connectivity index (χ4v) is 2.06. The van der Waals surface area contributed by atoms with Gasteiger partial charge in [-0.2, -0.15) is 0 Å². The highest BCUT2D eigenvalue weighted by atomic mass is 16.5. The van der Waals surface area contributed by atoms with Crippen molar-refractivity contribution in [3.63, 3.8) is 0 Å². The number of rotatable bonds is 7. The lowest BCUT2D eigenvalue weighted by molar-refractivity contribution is 0.0528. The molecule has 2 aromatic rings. The SMILES string of the molecule is CCOC(=O)c1ccn2c(C)cc(COCCOC)nc12. The van der Waals surface area contributed by atoms with E-state index in [1.54, 1.807) is 20.1 Å². The summed E-state index contributed by atoms with van der Waals surface area (Å²) in [5.74, 6) is -0.357. The zero-order chi connectivity index (χ0) is 15.2. The molecule has 0 N–H and O–H groups in total. The van der Waals surface area contributed by atoms with Crippen LogP contribution in [0.3, 0.4) is 0 Å². The Morgan fingerprint density at radius 3 is 2.90 bits per heavy atom. The third kappa shape index (κ3) is 3.59. The van der Waals surface area contributed by atoms with Gasteiger partial charge in [0, 0.05) is 19.0 Å². The smallest absolute Gasteiger partial charge is 0.341 e. The van der Waals surface area contributed by atoms with Crippen molar-refractivity contribution in [2.75, 3.05) is 26.9 Å². The molecule has 0 unspecified atom stereocenters. The van der Waals surface area contributed by atoms with Crippen molar-refractivity contribution < 1.29 is 19.0 Å². The molecule has 0 bridgehead atoms. The molecule has 2 aromatic heterocycles. The normalized spacial score (nSPS) is 11.0. The number of methoxy groups -OCH3 is 1. The molecule has 6 nitrogen and oxygen atoms in total. The molecule has 21 heavy (non-hydrogen) atoms. The minimum Gasteiger partial charge on any atom is -0.462 e. The van der Waals surface area contributed by atoms with Crippen LogP contribution >= 0.6 is 0 Å². The largest absolute Gasteiger partial charge is 0.462 e. The van der Waals surface area contributed by atoms with Crippen LogP contribution in [0.4, 0.5) is 0 Å². The van der Waals surface area contributed by atoms with E-state index in [0.29, 0.717) is 37.6 Å². The van der Waals surface area contributed by atoms with Crippen LogP contribution in [0.25, 0.3) is 5.65 Å². The van der Waals surface area contributed by atoms with Gasteiger partial charge in [-0.25, -0.2) is 9.78 Å². The molecule has 114 valence electrons. The average molecular weight is 292 g/mol. The average Bonchev–Trinajstić information content (AvgIpc) is 2.88. The first kappa shape index (κ1) is 15.5. The summed E-state index contributed by atoms with van der Waals surface area (Å²) in [6.45, 7) is 5.52. The van der Waals surface area contributed by atoms with Crippen LogP contribution in [0.1, 0.15) is 28.7 Å². The summed E-state index contributed by atoms with van der Waals surface area (Å²) in [5.41, 5.74) is 2.83. The van der Waals surface area contributed by atoms with Crippen LogP contribution in [0.15, 0.2) is 18.3 Å². The lowest BCUT2D eigenvalue weighted by atomic mass is 10.3. The van der Waals surface area contributed by atoms with Gasteiger partial charge in [0.25, 0.3) is 0 Å². The van der Waals surface area contributed by atoms with Gasteiger partial charge in [-0.05, 0) is 26.0 Å². The highest BCUT2D eigenvalue weighted by Crippen LogP contribution is 2.16. The van der Waals surface area contributed by atoms with Crippen LogP contribution in [0, 0.1) is 6.92 Å². The van der Waals surface area contributed by atoms with Crippen LogP contribution < -0.4 is 0 Å². The third-order valence-electron chi connectivity index (χ3n) is 3.04. The Hall–Kier alpha value is -1.92. The lowest BCUT2D eigenvalue weighted by Gasteiger charge is -2.07. The first-order valence-electron chi connectivity index (χ1n) is 6.88. The summed E-state index contributed by atoms with van der Waals surface area (Å²) in [6, 6.07) is 3.66. The predicted molar refractivity (Wildman–Crippen MR) is 77.4 cm³/mol. The molecular formula is C15H20N2O4. The van der Waals surface area contributed by atoms with E-state index in [0.717, 1.165) is 11.4 Å². The number of hydrogen-bond acceptors (Lipinski definition) is 5. The van der Waals surface area contributed by atoms with Gasteiger partial charge in [-0.3, -0.25) is 0 Å². The number of esters is 1. The van der Waals surface area contributed by atoms with Crippen LogP contribution in [-0.4, -0.2) is 42.3 Å². The first-order valence-corrected chi connectivity index (χ1v) is 6.88. The number of hydrogen-bond donors (Lipinski definition) is 0. The van der Waals surface area contributed by atoms with Gasteiger partial charge in [0.15, 0.2) is 5.65 Å². The molecule has 0 aliphatic rings. The summed E-state index contributed by atoms with van der Waals surface area (Å²) in [7, 11) is 1.63. The van der Waals surface area contributed by atoms with Crippen LogP contribution in [-0.2, 0) is 20.8 Å². The second kappa shape index (κ2) is 7.19. The van der Waals surface area contributed by atoms with Gasteiger partial charge in [-0.1, -0.05) is 0 Å². The summed E-state index contributed by atoms with van der Waals surface area (Å²) < 4.78 is 17.3. The number of nitrogens with zero attached hydrogens (tertiary/aromatic N) is 2. The quantitative estimate of drug-likeness (QED) is 0.577. The zero-order valence-corrected chi connectivity index (χ0v) is 12.6. The van der Waals surface area contributed by atoms with E-state index in [9.17, 15) is 4.79 Å². The Morgan fingerprint density at radius 1 is 1.38 bits per heavy atom. The van der Waals surface area contributed by atoms with E-state index in [4.69, 9.17) is 14.2 Å². The topological polar surface area (TPSA) is 62.1 Å². The maximum absolute atomic E-state index is 11.9. The minimum absolute atomic E-state index is 0.342. The summed E-state index contributed by atoms with van der Waals surface area (Å²) >= 11 is 0. The second-order valence-corrected chi connectivity index (χ2v) is 4.58. The van der Waals surface area contributed by atoms with Crippen molar-refractivity contribution in [1.82, 2.24) is 9.38 Å². The Balaban J connectivity index is 2.25. The summed E-state index contributed by atoms with van der Waals surface area (Å²) in [6.07, 6.45) is 1.82. The fraction of sp³-hybridized carbons (Fsp3) is 0.467. The Bertz CT molecular complexity index is 621. The van der Waals surface area contributed by atoms with Crippen molar-refractivity contribution in [3.8, 4) is 0 Å². The highest BCUT2D eigenvalue weighted by molar-refractivity contribution is 5.96. The van der Waals surface area contributed by atoms with Crippen LogP contribution in [0.2, 0.25) is 0 Å². The fourth-order valence-electron chi connectivity index (χ4n) is 2.06. The van der Waals surface area contributed by atoms with Crippen LogP contribution in [0.5, 0.6) is 0 Å². The molecule has 0 amide bonds. The van der Waals surface area contributed by atoms with E-state index < -0.39 is 0 Å². The lowest BCUT2D eigenvalue weighted by Crippen LogP contribution is -2.08. The van der Waals surface area contributed by atoms with Gasteiger partial charge >= 0.3 is 5.97 Å². The maximum atomic E-state index is 11.9. The van der Waals surface area contributed by atoms with Crippen molar-refractivity contribution in [1.29, 1.82) is 0 Å². The Labute approximate surface area is 123 Å². The molecule has 0 saturated heterocycles. The highest BCUT2D eigenvalue weighted by Gasteiger charge is 2.15. The molecule has 6 heteroatoms. The van der Waals surface area contributed by atoms with Gasteiger partial charge in [0.1, 0.15) is 5.56 Å². The molecule has 0 aliphatic carbocycles. The summed E-state index contributed by atoms with van der Waals surface area (Å²) in [5, 5.41) is 0. The molecule has 0 atom stereocenters. The summed E-state index contributed by atoms with van der Waals surface area (Å²) in [4.78, 5) is 16.4.